The van der Waals surface area contributed by atoms with Crippen molar-refractivity contribution in [3.05, 3.63) is 47.3 Å². The van der Waals surface area contributed by atoms with E-state index in [9.17, 15) is 4.39 Å². The van der Waals surface area contributed by atoms with Crippen LogP contribution in [0.1, 0.15) is 24.4 Å². The first-order valence-electron chi connectivity index (χ1n) is 6.73. The second kappa shape index (κ2) is 5.89. The summed E-state index contributed by atoms with van der Waals surface area (Å²) >= 11 is 5.77. The van der Waals surface area contributed by atoms with Gasteiger partial charge < -0.3 is 0 Å². The van der Waals surface area contributed by atoms with Gasteiger partial charge in [-0.3, -0.25) is 4.90 Å². The van der Waals surface area contributed by atoms with E-state index in [1.807, 2.05) is 4.68 Å². The molecular weight excluding hydrogens is 279 g/mol. The number of hydrogen-bond acceptors (Lipinski definition) is 3. The van der Waals surface area contributed by atoms with Crippen LogP contribution in [-0.4, -0.2) is 32.8 Å². The van der Waals surface area contributed by atoms with Crippen molar-refractivity contribution in [2.75, 3.05) is 13.1 Å². The molecule has 0 unspecified atom stereocenters. The maximum absolute atomic E-state index is 13.8. The number of piperidine rings is 1. The van der Waals surface area contributed by atoms with Gasteiger partial charge in [-0.2, -0.15) is 5.10 Å². The number of aromatic nitrogens is 3. The molecule has 3 rings (SSSR count). The molecule has 1 aromatic carbocycles. The monoisotopic (exact) mass is 294 g/mol. The molecule has 0 saturated carbocycles. The number of likely N-dealkylation sites (tertiary alicyclic amines) is 1. The standard InChI is InChI=1S/C14H16ClFN4/c15-12-2-1-11(14(16)7-12)8-19-5-3-13(4-6-19)20-10-17-9-18-20/h1-2,7,9-10,13H,3-6,8H2. The molecule has 0 radical (unpaired) electrons. The predicted octanol–water partition coefficient (Wildman–Crippen LogP) is 2.91. The summed E-state index contributed by atoms with van der Waals surface area (Å²) < 4.78 is 15.7. The lowest BCUT2D eigenvalue weighted by molar-refractivity contribution is 0.171. The summed E-state index contributed by atoms with van der Waals surface area (Å²) in [7, 11) is 0. The van der Waals surface area contributed by atoms with E-state index < -0.39 is 0 Å². The third-order valence-electron chi connectivity index (χ3n) is 3.78. The number of halogens is 2. The number of rotatable bonds is 3. The van der Waals surface area contributed by atoms with Crippen LogP contribution in [0.3, 0.4) is 0 Å². The first kappa shape index (κ1) is 13.5. The van der Waals surface area contributed by atoms with E-state index in [1.165, 1.54) is 6.07 Å². The Morgan fingerprint density at radius 2 is 2.10 bits per heavy atom. The van der Waals surface area contributed by atoms with E-state index in [0.29, 0.717) is 23.2 Å². The summed E-state index contributed by atoms with van der Waals surface area (Å²) in [4.78, 5) is 6.24. The summed E-state index contributed by atoms with van der Waals surface area (Å²) in [5, 5.41) is 4.63. The molecule has 106 valence electrons. The van der Waals surface area contributed by atoms with Crippen LogP contribution in [0, 0.1) is 5.82 Å². The number of hydrogen-bond donors (Lipinski definition) is 0. The Balaban J connectivity index is 1.58. The average Bonchev–Trinajstić information content (AvgIpc) is 2.97. The lowest BCUT2D eigenvalue weighted by atomic mass is 10.0. The molecule has 6 heteroatoms. The number of nitrogens with zero attached hydrogens (tertiary/aromatic N) is 4. The molecule has 0 amide bonds. The Morgan fingerprint density at radius 3 is 2.75 bits per heavy atom. The maximum Gasteiger partial charge on any atom is 0.137 e. The quantitative estimate of drug-likeness (QED) is 0.873. The fraction of sp³-hybridized carbons (Fsp3) is 0.429. The highest BCUT2D eigenvalue weighted by molar-refractivity contribution is 6.30. The Kier molecular flexibility index (Phi) is 3.98. The Bertz CT molecular complexity index is 565. The largest absolute Gasteiger partial charge is 0.299 e. The van der Waals surface area contributed by atoms with Gasteiger partial charge in [0.05, 0.1) is 6.04 Å². The summed E-state index contributed by atoms with van der Waals surface area (Å²) in [5.74, 6) is -0.226. The highest BCUT2D eigenvalue weighted by Crippen LogP contribution is 2.23. The molecule has 0 N–H and O–H groups in total. The van der Waals surface area contributed by atoms with Crippen LogP contribution in [0.15, 0.2) is 30.9 Å². The van der Waals surface area contributed by atoms with Crippen LogP contribution in [0.5, 0.6) is 0 Å². The van der Waals surface area contributed by atoms with Crippen molar-refractivity contribution in [1.82, 2.24) is 19.7 Å². The molecule has 20 heavy (non-hydrogen) atoms. The van der Waals surface area contributed by atoms with Crippen LogP contribution in [-0.2, 0) is 6.54 Å². The van der Waals surface area contributed by atoms with Crippen LogP contribution in [0.4, 0.5) is 4.39 Å². The van der Waals surface area contributed by atoms with Crippen molar-refractivity contribution in [3.8, 4) is 0 Å². The molecule has 4 nitrogen and oxygen atoms in total. The predicted molar refractivity (Wildman–Crippen MR) is 75.0 cm³/mol. The van der Waals surface area contributed by atoms with E-state index in [-0.39, 0.29) is 5.82 Å². The molecule has 0 bridgehead atoms. The van der Waals surface area contributed by atoms with Gasteiger partial charge in [-0.15, -0.1) is 0 Å². The Hall–Kier alpha value is -1.46. The minimum absolute atomic E-state index is 0.226. The van der Waals surface area contributed by atoms with Crippen molar-refractivity contribution in [2.45, 2.75) is 25.4 Å². The molecule has 1 aliphatic heterocycles. The number of benzene rings is 1. The van der Waals surface area contributed by atoms with Crippen LogP contribution < -0.4 is 0 Å². The second-order valence-corrected chi connectivity index (χ2v) is 5.55. The third-order valence-corrected chi connectivity index (χ3v) is 4.01. The molecule has 2 aromatic rings. The summed E-state index contributed by atoms with van der Waals surface area (Å²) in [6.45, 7) is 2.51. The highest BCUT2D eigenvalue weighted by atomic mass is 35.5. The van der Waals surface area contributed by atoms with Gasteiger partial charge in [-0.05, 0) is 25.0 Å². The van der Waals surface area contributed by atoms with Crippen LogP contribution in [0.2, 0.25) is 5.02 Å². The van der Waals surface area contributed by atoms with Gasteiger partial charge >= 0.3 is 0 Å². The van der Waals surface area contributed by atoms with E-state index in [1.54, 1.807) is 24.8 Å². The second-order valence-electron chi connectivity index (χ2n) is 5.12. The summed E-state index contributed by atoms with van der Waals surface area (Å²) in [5.41, 5.74) is 0.702. The lowest BCUT2D eigenvalue weighted by Crippen LogP contribution is -2.34. The first-order chi connectivity index (χ1) is 9.72. The Morgan fingerprint density at radius 1 is 1.30 bits per heavy atom. The van der Waals surface area contributed by atoms with Gasteiger partial charge in [0.25, 0.3) is 0 Å². The fourth-order valence-electron chi connectivity index (χ4n) is 2.64. The molecular formula is C14H16ClFN4. The highest BCUT2D eigenvalue weighted by Gasteiger charge is 2.21. The normalized spacial score (nSPS) is 17.5. The van der Waals surface area contributed by atoms with Crippen LogP contribution >= 0.6 is 11.6 Å². The zero-order chi connectivity index (χ0) is 13.9. The zero-order valence-electron chi connectivity index (χ0n) is 11.0. The summed E-state index contributed by atoms with van der Waals surface area (Å²) in [6.07, 6.45) is 5.35. The molecule has 0 spiro atoms. The molecule has 1 saturated heterocycles. The summed E-state index contributed by atoms with van der Waals surface area (Å²) in [6, 6.07) is 5.28. The lowest BCUT2D eigenvalue weighted by Gasteiger charge is -2.31. The van der Waals surface area contributed by atoms with E-state index in [4.69, 9.17) is 11.6 Å². The van der Waals surface area contributed by atoms with Crippen molar-refractivity contribution in [3.63, 3.8) is 0 Å². The smallest absolute Gasteiger partial charge is 0.137 e. The van der Waals surface area contributed by atoms with Crippen molar-refractivity contribution in [2.24, 2.45) is 0 Å². The molecule has 1 fully saturated rings. The average molecular weight is 295 g/mol. The van der Waals surface area contributed by atoms with Crippen molar-refractivity contribution in [1.29, 1.82) is 0 Å². The van der Waals surface area contributed by atoms with E-state index in [0.717, 1.165) is 25.9 Å². The molecule has 1 aromatic heterocycles. The zero-order valence-corrected chi connectivity index (χ0v) is 11.8. The molecule has 1 aliphatic rings. The van der Waals surface area contributed by atoms with Gasteiger partial charge in [0, 0.05) is 30.2 Å². The van der Waals surface area contributed by atoms with Crippen LogP contribution in [0.25, 0.3) is 0 Å². The van der Waals surface area contributed by atoms with Gasteiger partial charge in [-0.25, -0.2) is 14.1 Å². The van der Waals surface area contributed by atoms with Crippen molar-refractivity contribution >= 4 is 11.6 Å². The topological polar surface area (TPSA) is 34.0 Å². The first-order valence-corrected chi connectivity index (χ1v) is 7.10. The van der Waals surface area contributed by atoms with Gasteiger partial charge in [-0.1, -0.05) is 17.7 Å². The van der Waals surface area contributed by atoms with Crippen molar-refractivity contribution < 1.29 is 4.39 Å². The van der Waals surface area contributed by atoms with Gasteiger partial charge in [0.1, 0.15) is 18.5 Å². The molecule has 2 heterocycles. The minimum Gasteiger partial charge on any atom is -0.299 e. The minimum atomic E-state index is -0.226. The van der Waals surface area contributed by atoms with Gasteiger partial charge in [0.2, 0.25) is 0 Å². The SMILES string of the molecule is Fc1cc(Cl)ccc1CN1CCC(n2cncn2)CC1. The molecule has 0 atom stereocenters. The Labute approximate surface area is 122 Å². The maximum atomic E-state index is 13.8. The third kappa shape index (κ3) is 2.99. The van der Waals surface area contributed by atoms with E-state index in [2.05, 4.69) is 15.0 Å². The molecule has 0 aliphatic carbocycles. The van der Waals surface area contributed by atoms with E-state index >= 15 is 0 Å². The fourth-order valence-corrected chi connectivity index (χ4v) is 2.80. The van der Waals surface area contributed by atoms with Gasteiger partial charge in [0.15, 0.2) is 0 Å².